The Morgan fingerprint density at radius 1 is 0.409 bits per heavy atom. The summed E-state index contributed by atoms with van der Waals surface area (Å²) in [5.41, 5.74) is 4.80. The molecule has 0 heterocycles. The Balaban J connectivity index is 0.907. The Labute approximate surface area is 394 Å². The van der Waals surface area contributed by atoms with Crippen LogP contribution in [0.25, 0.3) is 11.1 Å². The van der Waals surface area contributed by atoms with Gasteiger partial charge in [-0.2, -0.15) is 0 Å². The van der Waals surface area contributed by atoms with E-state index in [2.05, 4.69) is 36.5 Å². The highest BCUT2D eigenvalue weighted by Crippen LogP contribution is 2.44. The number of hydrogen-bond acceptors (Lipinski definition) is 15. The lowest BCUT2D eigenvalue weighted by Crippen LogP contribution is -2.27. The van der Waals surface area contributed by atoms with Gasteiger partial charge in [0.25, 0.3) is 0 Å². The first-order valence-electron chi connectivity index (χ1n) is 24.3. The molecule has 0 unspecified atom stereocenters. The first-order valence-corrected chi connectivity index (χ1v) is 24.3. The highest BCUT2D eigenvalue weighted by molar-refractivity contribution is 5.79. The van der Waals surface area contributed by atoms with Gasteiger partial charge in [0, 0.05) is 25.5 Å². The summed E-state index contributed by atoms with van der Waals surface area (Å²) in [5.74, 6) is -0.100. The van der Waals surface area contributed by atoms with E-state index in [1.165, 1.54) is 54.4 Å². The van der Waals surface area contributed by atoms with E-state index in [0.29, 0.717) is 171 Å². The highest BCUT2D eigenvalue weighted by Gasteiger charge is 2.29. The van der Waals surface area contributed by atoms with Crippen LogP contribution in [0.2, 0.25) is 0 Å². The quantitative estimate of drug-likeness (QED) is 0.0545. The van der Waals surface area contributed by atoms with E-state index < -0.39 is 6.09 Å². The fourth-order valence-corrected chi connectivity index (χ4v) is 6.83. The van der Waals surface area contributed by atoms with Gasteiger partial charge in [0.1, 0.15) is 13.2 Å². The van der Waals surface area contributed by atoms with Crippen molar-refractivity contribution in [3.8, 4) is 11.1 Å². The van der Waals surface area contributed by atoms with E-state index in [1.807, 2.05) is 24.3 Å². The average molecular weight is 936 g/mol. The monoisotopic (exact) mass is 936 g/mol. The molecular weight excluding hydrogens is 855 g/mol. The molecule has 0 radical (unpaired) electrons. The van der Waals surface area contributed by atoms with Crippen LogP contribution in [0.4, 0.5) is 4.79 Å². The molecule has 0 aliphatic heterocycles. The third-order valence-electron chi connectivity index (χ3n) is 10.3. The lowest BCUT2D eigenvalue weighted by Gasteiger charge is -2.14. The van der Waals surface area contributed by atoms with Gasteiger partial charge in [-0.3, -0.25) is 4.79 Å². The fourth-order valence-electron chi connectivity index (χ4n) is 6.83. The maximum Gasteiger partial charge on any atom is 0.407 e. The zero-order chi connectivity index (χ0) is 46.6. The molecule has 1 aliphatic rings. The number of unbranched alkanes of at least 4 members (excludes halogenated alkanes) is 6. The van der Waals surface area contributed by atoms with Crippen molar-refractivity contribution in [3.63, 3.8) is 0 Å². The van der Waals surface area contributed by atoms with Gasteiger partial charge in [0.05, 0.1) is 139 Å². The topological polar surface area (TPSA) is 166 Å². The number of carbonyl (C=O) groups excluding carboxylic acids is 2. The Bertz CT molecular complexity index is 1410. The molecule has 16 heteroatoms. The van der Waals surface area contributed by atoms with E-state index in [9.17, 15) is 9.59 Å². The van der Waals surface area contributed by atoms with Crippen LogP contribution in [-0.2, 0) is 66.4 Å². The number of carbonyl (C=O) groups is 2. The summed E-state index contributed by atoms with van der Waals surface area (Å²) in [7, 11) is 0. The minimum atomic E-state index is -0.418. The van der Waals surface area contributed by atoms with Crippen LogP contribution in [0.5, 0.6) is 0 Å². The molecule has 0 bridgehead atoms. The summed E-state index contributed by atoms with van der Waals surface area (Å²) in [6.45, 7) is 13.7. The van der Waals surface area contributed by atoms with Crippen molar-refractivity contribution in [2.45, 2.75) is 70.6 Å². The molecule has 0 saturated heterocycles. The lowest BCUT2D eigenvalue weighted by molar-refractivity contribution is -0.145. The molecule has 16 nitrogen and oxygen atoms in total. The summed E-state index contributed by atoms with van der Waals surface area (Å²) >= 11 is 0. The molecule has 1 aliphatic carbocycles. The van der Waals surface area contributed by atoms with Crippen molar-refractivity contribution in [2.75, 3.05) is 165 Å². The lowest BCUT2D eigenvalue weighted by atomic mass is 9.98. The number of esters is 1. The average Bonchev–Trinajstić information content (AvgIpc) is 3.66. The van der Waals surface area contributed by atoms with E-state index in [-0.39, 0.29) is 18.5 Å². The van der Waals surface area contributed by atoms with Gasteiger partial charge in [-0.25, -0.2) is 4.79 Å². The van der Waals surface area contributed by atoms with Gasteiger partial charge in [0.15, 0.2) is 0 Å². The summed E-state index contributed by atoms with van der Waals surface area (Å²) in [5, 5.41) is 2.81. The third kappa shape index (κ3) is 29.5. The SMILES string of the molecule is CCCCCCCCCC(=O)OCCOCCOCCOCCOCCOCCOCCOCCOCCOCCOCCOCCCNC(=O)OCC1c2ccccc2-c2ccccc21. The highest BCUT2D eigenvalue weighted by atomic mass is 16.6. The minimum Gasteiger partial charge on any atom is -0.463 e. The van der Waals surface area contributed by atoms with Gasteiger partial charge in [-0.1, -0.05) is 94.0 Å². The number of hydrogen-bond donors (Lipinski definition) is 1. The molecule has 0 atom stereocenters. The van der Waals surface area contributed by atoms with Crippen LogP contribution >= 0.6 is 0 Å². The summed E-state index contributed by atoms with van der Waals surface area (Å²) in [6.07, 6.45) is 9.02. The van der Waals surface area contributed by atoms with Gasteiger partial charge >= 0.3 is 12.1 Å². The molecule has 3 rings (SSSR count). The Morgan fingerprint density at radius 2 is 0.758 bits per heavy atom. The maximum absolute atomic E-state index is 12.3. The number of rotatable bonds is 47. The predicted molar refractivity (Wildman–Crippen MR) is 250 cm³/mol. The number of ether oxygens (including phenoxy) is 13. The number of amides is 1. The molecule has 2 aromatic rings. The Hall–Kier alpha value is -3.26. The first kappa shape index (κ1) is 57.1. The smallest absolute Gasteiger partial charge is 0.407 e. The van der Waals surface area contributed by atoms with Gasteiger partial charge in [0.2, 0.25) is 0 Å². The van der Waals surface area contributed by atoms with Crippen molar-refractivity contribution in [2.24, 2.45) is 0 Å². The van der Waals surface area contributed by atoms with Crippen LogP contribution in [0.3, 0.4) is 0 Å². The minimum absolute atomic E-state index is 0.0452. The van der Waals surface area contributed by atoms with E-state index in [0.717, 1.165) is 12.8 Å². The van der Waals surface area contributed by atoms with Crippen LogP contribution in [0, 0.1) is 0 Å². The molecule has 1 N–H and O–H groups in total. The second-order valence-electron chi connectivity index (χ2n) is 15.4. The zero-order valence-corrected chi connectivity index (χ0v) is 39.9. The number of nitrogens with one attached hydrogen (secondary N) is 1. The molecule has 0 saturated carbocycles. The second kappa shape index (κ2) is 41.9. The molecule has 376 valence electrons. The van der Waals surface area contributed by atoms with Crippen LogP contribution in [0.15, 0.2) is 48.5 Å². The van der Waals surface area contributed by atoms with Gasteiger partial charge in [-0.05, 0) is 35.1 Å². The fraction of sp³-hybridized carbons (Fsp3) is 0.720. The molecule has 0 aromatic heterocycles. The number of alkyl carbamates (subject to hydrolysis) is 1. The summed E-state index contributed by atoms with van der Waals surface area (Å²) in [6, 6.07) is 16.6. The summed E-state index contributed by atoms with van der Waals surface area (Å²) < 4.78 is 71.5. The Morgan fingerprint density at radius 3 is 1.17 bits per heavy atom. The second-order valence-corrected chi connectivity index (χ2v) is 15.4. The van der Waals surface area contributed by atoms with E-state index in [4.69, 9.17) is 61.6 Å². The standard InChI is InChI=1S/C50H81NO15/c1-2-3-4-5-6-7-8-18-49(52)65-42-41-64-40-39-63-38-37-62-36-35-61-34-33-60-32-31-59-30-29-58-28-27-57-26-25-56-24-23-55-22-21-54-20-13-19-51-50(53)66-43-48-46-16-11-9-14-44(46)45-15-10-12-17-47(45)48/h9-12,14-17,48H,2-8,13,18-43H2,1H3,(H,51,53). The summed E-state index contributed by atoms with van der Waals surface area (Å²) in [4.78, 5) is 24.0. The molecule has 1 amide bonds. The molecular formula is C50H81NO15. The third-order valence-corrected chi connectivity index (χ3v) is 10.3. The van der Waals surface area contributed by atoms with E-state index in [1.54, 1.807) is 0 Å². The first-order chi connectivity index (χ1) is 32.7. The normalized spacial score (nSPS) is 12.1. The number of benzene rings is 2. The zero-order valence-electron chi connectivity index (χ0n) is 39.9. The Kier molecular flexibility index (Phi) is 36.2. The molecule has 2 aromatic carbocycles. The predicted octanol–water partition coefficient (Wildman–Crippen LogP) is 6.78. The van der Waals surface area contributed by atoms with Crippen LogP contribution in [0.1, 0.15) is 81.8 Å². The van der Waals surface area contributed by atoms with Crippen molar-refractivity contribution < 1.29 is 71.2 Å². The maximum atomic E-state index is 12.3. The van der Waals surface area contributed by atoms with Crippen molar-refractivity contribution in [1.29, 1.82) is 0 Å². The van der Waals surface area contributed by atoms with Crippen molar-refractivity contribution in [1.82, 2.24) is 5.32 Å². The molecule has 66 heavy (non-hydrogen) atoms. The molecule has 0 spiro atoms. The van der Waals surface area contributed by atoms with Crippen molar-refractivity contribution in [3.05, 3.63) is 59.7 Å². The number of fused-ring (bicyclic) bond motifs is 3. The van der Waals surface area contributed by atoms with Crippen LogP contribution < -0.4 is 5.32 Å². The largest absolute Gasteiger partial charge is 0.463 e. The van der Waals surface area contributed by atoms with E-state index >= 15 is 0 Å². The van der Waals surface area contributed by atoms with Gasteiger partial charge in [-0.15, -0.1) is 0 Å². The van der Waals surface area contributed by atoms with Crippen LogP contribution in [-0.4, -0.2) is 177 Å². The van der Waals surface area contributed by atoms with Crippen molar-refractivity contribution >= 4 is 12.1 Å². The molecule has 0 fully saturated rings. The van der Waals surface area contributed by atoms with Gasteiger partial charge < -0.3 is 66.9 Å².